The molecule has 0 aliphatic heterocycles. The smallest absolute Gasteiger partial charge is 0.307 e. The lowest BCUT2D eigenvalue weighted by Gasteiger charge is -2.12. The van der Waals surface area contributed by atoms with Gasteiger partial charge in [0.15, 0.2) is 9.84 Å². The summed E-state index contributed by atoms with van der Waals surface area (Å²) in [6, 6.07) is 4.99. The van der Waals surface area contributed by atoms with E-state index in [9.17, 15) is 21.6 Å². The first-order chi connectivity index (χ1) is 12.0. The molecule has 2 aromatic rings. The third kappa shape index (κ3) is 2.97. The van der Waals surface area contributed by atoms with Crippen LogP contribution < -0.4 is 0 Å². The molecule has 1 aromatic carbocycles. The SMILES string of the molecule is Cc1c(CC(=O)O)c2c(n1S(=O)(=O)c1ccc(S(C)(=O)=O)cc1)CC=C2. The van der Waals surface area contributed by atoms with E-state index in [1.807, 2.05) is 0 Å². The lowest BCUT2D eigenvalue weighted by Crippen LogP contribution is -2.17. The van der Waals surface area contributed by atoms with Crippen LogP contribution in [0, 0.1) is 6.92 Å². The summed E-state index contributed by atoms with van der Waals surface area (Å²) in [7, 11) is -7.42. The molecule has 0 amide bonds. The lowest BCUT2D eigenvalue weighted by molar-refractivity contribution is -0.136. The maximum Gasteiger partial charge on any atom is 0.307 e. The number of hydrogen-bond acceptors (Lipinski definition) is 5. The van der Waals surface area contributed by atoms with Gasteiger partial charge in [0.2, 0.25) is 0 Å². The van der Waals surface area contributed by atoms with E-state index in [2.05, 4.69) is 0 Å². The summed E-state index contributed by atoms with van der Waals surface area (Å²) >= 11 is 0. The van der Waals surface area contributed by atoms with Crippen molar-refractivity contribution >= 4 is 31.9 Å². The zero-order chi connectivity index (χ0) is 19.3. The Morgan fingerprint density at radius 2 is 1.69 bits per heavy atom. The molecule has 0 bridgehead atoms. The molecule has 0 saturated heterocycles. The van der Waals surface area contributed by atoms with E-state index in [1.54, 1.807) is 19.1 Å². The Labute approximate surface area is 151 Å². The number of aromatic nitrogens is 1. The highest BCUT2D eigenvalue weighted by Gasteiger charge is 2.30. The van der Waals surface area contributed by atoms with Gasteiger partial charge in [-0.05, 0) is 36.8 Å². The van der Waals surface area contributed by atoms with Gasteiger partial charge in [0.1, 0.15) is 0 Å². The highest BCUT2D eigenvalue weighted by atomic mass is 32.2. The standard InChI is InChI=1S/C17H17NO6S2/c1-11-15(10-17(19)20)14-4-3-5-16(14)18(11)26(23,24)13-8-6-12(7-9-13)25(2,21)22/h3-4,6-9H,5,10H2,1-2H3,(H,19,20). The molecule has 0 unspecified atom stereocenters. The van der Waals surface area contributed by atoms with E-state index < -0.39 is 25.8 Å². The van der Waals surface area contributed by atoms with Crippen molar-refractivity contribution in [2.24, 2.45) is 0 Å². The van der Waals surface area contributed by atoms with Crippen molar-refractivity contribution in [1.82, 2.24) is 3.97 Å². The quantitative estimate of drug-likeness (QED) is 0.824. The molecular formula is C17H17NO6S2. The van der Waals surface area contributed by atoms with Crippen molar-refractivity contribution in [3.8, 4) is 0 Å². The molecule has 0 fully saturated rings. The van der Waals surface area contributed by atoms with Crippen LogP contribution in [0.2, 0.25) is 0 Å². The van der Waals surface area contributed by atoms with Crippen molar-refractivity contribution in [3.63, 3.8) is 0 Å². The van der Waals surface area contributed by atoms with Crippen LogP contribution in [0.25, 0.3) is 6.08 Å². The Kier molecular flexibility index (Phi) is 4.32. The first-order valence-electron chi connectivity index (χ1n) is 7.70. The monoisotopic (exact) mass is 395 g/mol. The van der Waals surface area contributed by atoms with Crippen LogP contribution in [-0.4, -0.2) is 38.1 Å². The summed E-state index contributed by atoms with van der Waals surface area (Å²) in [6.45, 7) is 1.58. The molecule has 9 heteroatoms. The van der Waals surface area contributed by atoms with Gasteiger partial charge in [-0.15, -0.1) is 0 Å². The Balaban J connectivity index is 2.16. The highest BCUT2D eigenvalue weighted by molar-refractivity contribution is 7.91. The van der Waals surface area contributed by atoms with Crippen LogP contribution >= 0.6 is 0 Å². The number of aliphatic carboxylic acids is 1. The van der Waals surface area contributed by atoms with Gasteiger partial charge in [-0.25, -0.2) is 20.8 Å². The number of hydrogen-bond donors (Lipinski definition) is 1. The maximum absolute atomic E-state index is 13.1. The van der Waals surface area contributed by atoms with Crippen LogP contribution in [0.5, 0.6) is 0 Å². The van der Waals surface area contributed by atoms with Gasteiger partial charge in [-0.1, -0.05) is 12.2 Å². The summed E-state index contributed by atoms with van der Waals surface area (Å²) in [4.78, 5) is 11.1. The number of fused-ring (bicyclic) bond motifs is 1. The Morgan fingerprint density at radius 3 is 2.23 bits per heavy atom. The maximum atomic E-state index is 13.1. The predicted octanol–water partition coefficient (Wildman–Crippen LogP) is 1.63. The number of sulfone groups is 1. The third-order valence-electron chi connectivity index (χ3n) is 4.34. The van der Waals surface area contributed by atoms with Crippen LogP contribution in [0.1, 0.15) is 22.5 Å². The second kappa shape index (κ2) is 6.10. The van der Waals surface area contributed by atoms with Crippen molar-refractivity contribution in [1.29, 1.82) is 0 Å². The minimum atomic E-state index is -3.98. The summed E-state index contributed by atoms with van der Waals surface area (Å²) in [6.07, 6.45) is 4.68. The van der Waals surface area contributed by atoms with Crippen LogP contribution in [0.3, 0.4) is 0 Å². The summed E-state index contributed by atoms with van der Waals surface area (Å²) < 4.78 is 50.5. The summed E-state index contributed by atoms with van der Waals surface area (Å²) in [5.41, 5.74) is 1.97. The summed E-state index contributed by atoms with van der Waals surface area (Å²) in [5, 5.41) is 9.12. The molecule has 26 heavy (non-hydrogen) atoms. The first-order valence-corrected chi connectivity index (χ1v) is 11.0. The minimum Gasteiger partial charge on any atom is -0.481 e. The molecule has 1 heterocycles. The molecule has 1 aliphatic rings. The van der Waals surface area contributed by atoms with Gasteiger partial charge >= 0.3 is 5.97 Å². The Hall–Kier alpha value is -2.39. The van der Waals surface area contributed by atoms with Gasteiger partial charge in [0, 0.05) is 29.6 Å². The Morgan fingerprint density at radius 1 is 1.12 bits per heavy atom. The zero-order valence-corrected chi connectivity index (χ0v) is 15.8. The number of carbonyl (C=O) groups is 1. The summed E-state index contributed by atoms with van der Waals surface area (Å²) in [5.74, 6) is -1.04. The van der Waals surface area contributed by atoms with E-state index in [1.165, 1.54) is 24.3 Å². The van der Waals surface area contributed by atoms with Gasteiger partial charge in [-0.3, -0.25) is 4.79 Å². The topological polar surface area (TPSA) is 111 Å². The molecule has 0 saturated carbocycles. The molecule has 0 spiro atoms. The molecule has 0 atom stereocenters. The average molecular weight is 395 g/mol. The van der Waals surface area contributed by atoms with Gasteiger partial charge < -0.3 is 5.11 Å². The average Bonchev–Trinajstić information content (AvgIpc) is 3.09. The fraction of sp³-hybridized carbons (Fsp3) is 0.235. The number of carboxylic acids is 1. The molecular weight excluding hydrogens is 378 g/mol. The van der Waals surface area contributed by atoms with E-state index in [4.69, 9.17) is 5.11 Å². The van der Waals surface area contributed by atoms with Gasteiger partial charge in [-0.2, -0.15) is 0 Å². The van der Waals surface area contributed by atoms with Crippen molar-refractivity contribution in [3.05, 3.63) is 52.9 Å². The van der Waals surface area contributed by atoms with Crippen LogP contribution in [0.4, 0.5) is 0 Å². The first kappa shape index (κ1) is 18.4. The van der Waals surface area contributed by atoms with Crippen molar-refractivity contribution < 1.29 is 26.7 Å². The second-order valence-electron chi connectivity index (χ2n) is 6.11. The number of benzene rings is 1. The number of rotatable bonds is 5. The number of carboxylic acid groups (broad SMARTS) is 1. The van der Waals surface area contributed by atoms with E-state index >= 15 is 0 Å². The fourth-order valence-electron chi connectivity index (χ4n) is 3.15. The minimum absolute atomic E-state index is 0.0270. The van der Waals surface area contributed by atoms with Crippen molar-refractivity contribution in [2.45, 2.75) is 29.6 Å². The highest BCUT2D eigenvalue weighted by Crippen LogP contribution is 2.33. The number of allylic oxidation sites excluding steroid dienone is 1. The molecule has 1 aliphatic carbocycles. The van der Waals surface area contributed by atoms with Gasteiger partial charge in [0.05, 0.1) is 16.2 Å². The third-order valence-corrected chi connectivity index (χ3v) is 7.31. The predicted molar refractivity (Wildman–Crippen MR) is 95.4 cm³/mol. The van der Waals surface area contributed by atoms with E-state index in [0.29, 0.717) is 28.9 Å². The molecule has 7 nitrogen and oxygen atoms in total. The lowest BCUT2D eigenvalue weighted by atomic mass is 10.1. The molecule has 3 rings (SSSR count). The second-order valence-corrected chi connectivity index (χ2v) is 9.92. The van der Waals surface area contributed by atoms with Crippen LogP contribution in [0.15, 0.2) is 40.1 Å². The largest absolute Gasteiger partial charge is 0.481 e. The van der Waals surface area contributed by atoms with Crippen LogP contribution in [-0.2, 0) is 37.5 Å². The number of nitrogens with zero attached hydrogens (tertiary/aromatic N) is 1. The molecule has 0 radical (unpaired) electrons. The zero-order valence-electron chi connectivity index (χ0n) is 14.1. The molecule has 1 aromatic heterocycles. The fourth-order valence-corrected chi connectivity index (χ4v) is 5.40. The molecule has 1 N–H and O–H groups in total. The molecule has 138 valence electrons. The van der Waals surface area contributed by atoms with Crippen molar-refractivity contribution in [2.75, 3.05) is 6.26 Å². The van der Waals surface area contributed by atoms with E-state index in [0.717, 1.165) is 10.2 Å². The van der Waals surface area contributed by atoms with Gasteiger partial charge in [0.25, 0.3) is 10.0 Å². The van der Waals surface area contributed by atoms with E-state index in [-0.39, 0.29) is 16.2 Å². The normalized spacial score (nSPS) is 13.8. The Bertz CT molecular complexity index is 1140.